The van der Waals surface area contributed by atoms with E-state index in [9.17, 15) is 9.59 Å². The van der Waals surface area contributed by atoms with Gasteiger partial charge < -0.3 is 16.4 Å². The zero-order valence-corrected chi connectivity index (χ0v) is 10.2. The number of nitrogens with two attached hydrogens (primary N) is 1. The van der Waals surface area contributed by atoms with Crippen LogP contribution in [0.4, 0.5) is 0 Å². The number of nitrogens with one attached hydrogen (secondary N) is 2. The molecule has 0 spiro atoms. The molecule has 1 heterocycles. The molecule has 0 saturated heterocycles. The fourth-order valence-electron chi connectivity index (χ4n) is 0.907. The summed E-state index contributed by atoms with van der Waals surface area (Å²) in [5.41, 5.74) is 6.12. The molecule has 5 nitrogen and oxygen atoms in total. The lowest BCUT2D eigenvalue weighted by molar-refractivity contribution is -0.125. The molecule has 0 fully saturated rings. The van der Waals surface area contributed by atoms with Crippen LogP contribution in [-0.4, -0.2) is 24.9 Å². The smallest absolute Gasteiger partial charge is 0.239 e. The number of carbonyl (C=O) groups is 2. The van der Waals surface area contributed by atoms with Crippen LogP contribution in [-0.2, 0) is 16.1 Å². The molecule has 7 heteroatoms. The number of thiophene rings is 1. The molecule has 2 amide bonds. The second kappa shape index (κ2) is 8.09. The molecule has 0 aliphatic carbocycles. The highest BCUT2D eigenvalue weighted by Crippen LogP contribution is 2.04. The van der Waals surface area contributed by atoms with E-state index in [-0.39, 0.29) is 37.3 Å². The van der Waals surface area contributed by atoms with Crippen LogP contribution < -0.4 is 16.4 Å². The normalized spacial score (nSPS) is 9.06. The van der Waals surface area contributed by atoms with Crippen molar-refractivity contribution in [1.82, 2.24) is 10.6 Å². The van der Waals surface area contributed by atoms with E-state index < -0.39 is 0 Å². The molecule has 0 aromatic carbocycles. The second-order valence-corrected chi connectivity index (χ2v) is 3.67. The number of halogens is 1. The third kappa shape index (κ3) is 5.69. The van der Waals surface area contributed by atoms with Gasteiger partial charge >= 0.3 is 0 Å². The quantitative estimate of drug-likeness (QED) is 0.691. The van der Waals surface area contributed by atoms with Crippen LogP contribution in [0.25, 0.3) is 0 Å². The van der Waals surface area contributed by atoms with Gasteiger partial charge in [0.25, 0.3) is 0 Å². The Balaban J connectivity index is 0.00000225. The lowest BCUT2D eigenvalue weighted by Gasteiger charge is -2.04. The Bertz CT molecular complexity index is 330. The van der Waals surface area contributed by atoms with Crippen molar-refractivity contribution >= 4 is 35.6 Å². The molecule has 0 atom stereocenters. The van der Waals surface area contributed by atoms with E-state index in [2.05, 4.69) is 10.6 Å². The first-order valence-electron chi connectivity index (χ1n) is 4.47. The van der Waals surface area contributed by atoms with Crippen LogP contribution in [0.2, 0.25) is 0 Å². The van der Waals surface area contributed by atoms with Gasteiger partial charge in [-0.05, 0) is 22.4 Å². The Kier molecular flexibility index (Phi) is 7.53. The Morgan fingerprint density at radius 1 is 1.31 bits per heavy atom. The van der Waals surface area contributed by atoms with Crippen molar-refractivity contribution in [2.24, 2.45) is 5.73 Å². The molecule has 1 aromatic heterocycles. The van der Waals surface area contributed by atoms with E-state index in [0.717, 1.165) is 5.56 Å². The summed E-state index contributed by atoms with van der Waals surface area (Å²) in [6.45, 7) is 0.360. The van der Waals surface area contributed by atoms with Crippen molar-refractivity contribution in [2.75, 3.05) is 13.1 Å². The molecule has 0 saturated carbocycles. The van der Waals surface area contributed by atoms with Crippen molar-refractivity contribution in [1.29, 1.82) is 0 Å². The summed E-state index contributed by atoms with van der Waals surface area (Å²) in [5, 5.41) is 8.96. The van der Waals surface area contributed by atoms with Gasteiger partial charge in [0, 0.05) is 6.54 Å². The van der Waals surface area contributed by atoms with Gasteiger partial charge in [-0.2, -0.15) is 11.3 Å². The Hall–Kier alpha value is -1.11. The average Bonchev–Trinajstić information content (AvgIpc) is 2.75. The first-order valence-corrected chi connectivity index (χ1v) is 5.41. The predicted molar refractivity (Wildman–Crippen MR) is 65.5 cm³/mol. The maximum Gasteiger partial charge on any atom is 0.239 e. The topological polar surface area (TPSA) is 84.2 Å². The van der Waals surface area contributed by atoms with E-state index in [0.29, 0.717) is 6.54 Å². The summed E-state index contributed by atoms with van der Waals surface area (Å²) >= 11 is 1.58. The summed E-state index contributed by atoms with van der Waals surface area (Å²) in [4.78, 5) is 21.9. The molecule has 0 unspecified atom stereocenters. The van der Waals surface area contributed by atoms with Crippen molar-refractivity contribution in [3.63, 3.8) is 0 Å². The highest BCUT2D eigenvalue weighted by Gasteiger charge is 2.03. The van der Waals surface area contributed by atoms with Crippen LogP contribution in [0.3, 0.4) is 0 Å². The number of hydrogen-bond donors (Lipinski definition) is 3. The van der Waals surface area contributed by atoms with Crippen LogP contribution in [0, 0.1) is 0 Å². The van der Waals surface area contributed by atoms with Gasteiger partial charge in [-0.3, -0.25) is 9.59 Å². The van der Waals surface area contributed by atoms with Crippen molar-refractivity contribution in [2.45, 2.75) is 6.54 Å². The van der Waals surface area contributed by atoms with Gasteiger partial charge in [0.05, 0.1) is 13.1 Å². The molecule has 16 heavy (non-hydrogen) atoms. The Morgan fingerprint density at radius 2 is 2.06 bits per heavy atom. The van der Waals surface area contributed by atoms with Crippen LogP contribution in [0.5, 0.6) is 0 Å². The minimum atomic E-state index is -0.333. The third-order valence-corrected chi connectivity index (χ3v) is 2.43. The fourth-order valence-corrected chi connectivity index (χ4v) is 1.58. The Morgan fingerprint density at radius 3 is 2.62 bits per heavy atom. The highest BCUT2D eigenvalue weighted by atomic mass is 35.5. The summed E-state index contributed by atoms with van der Waals surface area (Å²) in [6, 6.07) is 1.93. The average molecular weight is 264 g/mol. The largest absolute Gasteiger partial charge is 0.350 e. The predicted octanol–water partition coefficient (Wildman–Crippen LogP) is -0.139. The summed E-state index contributed by atoms with van der Waals surface area (Å²) < 4.78 is 0. The second-order valence-electron chi connectivity index (χ2n) is 2.89. The first-order chi connectivity index (χ1) is 7.22. The molecule has 0 radical (unpaired) electrons. The molecule has 90 valence electrons. The SMILES string of the molecule is Cl.NCC(=O)NCC(=O)NCc1ccsc1. The molecule has 1 rings (SSSR count). The third-order valence-electron chi connectivity index (χ3n) is 1.70. The van der Waals surface area contributed by atoms with Crippen molar-refractivity contribution in [3.8, 4) is 0 Å². The number of amides is 2. The molecule has 4 N–H and O–H groups in total. The highest BCUT2D eigenvalue weighted by molar-refractivity contribution is 7.07. The summed E-state index contributed by atoms with van der Waals surface area (Å²) in [7, 11) is 0. The van der Waals surface area contributed by atoms with Gasteiger partial charge in [0.2, 0.25) is 11.8 Å². The van der Waals surface area contributed by atoms with Crippen LogP contribution >= 0.6 is 23.7 Å². The van der Waals surface area contributed by atoms with E-state index in [1.54, 1.807) is 11.3 Å². The zero-order valence-electron chi connectivity index (χ0n) is 8.56. The summed E-state index contributed by atoms with van der Waals surface area (Å²) in [6.07, 6.45) is 0. The lowest BCUT2D eigenvalue weighted by Crippen LogP contribution is -2.39. The Labute approximate surface area is 104 Å². The van der Waals surface area contributed by atoms with Gasteiger partial charge in [0.1, 0.15) is 0 Å². The molecule has 0 aliphatic rings. The van der Waals surface area contributed by atoms with E-state index in [4.69, 9.17) is 5.73 Å². The molecule has 1 aromatic rings. The van der Waals surface area contributed by atoms with Crippen LogP contribution in [0.1, 0.15) is 5.56 Å². The standard InChI is InChI=1S/C9H13N3O2S.ClH/c10-3-8(13)12-5-9(14)11-4-7-1-2-15-6-7;/h1-2,6H,3-5,10H2,(H,11,14)(H,12,13);1H. The maximum absolute atomic E-state index is 11.2. The van der Waals surface area contributed by atoms with Gasteiger partial charge in [-0.25, -0.2) is 0 Å². The maximum atomic E-state index is 11.2. The van der Waals surface area contributed by atoms with Gasteiger partial charge in [-0.1, -0.05) is 0 Å². The number of carbonyl (C=O) groups excluding carboxylic acids is 2. The fraction of sp³-hybridized carbons (Fsp3) is 0.333. The van der Waals surface area contributed by atoms with E-state index in [1.165, 1.54) is 0 Å². The monoisotopic (exact) mass is 263 g/mol. The van der Waals surface area contributed by atoms with Crippen molar-refractivity contribution < 1.29 is 9.59 Å². The molecule has 0 bridgehead atoms. The van der Waals surface area contributed by atoms with Gasteiger partial charge in [0.15, 0.2) is 0 Å². The minimum absolute atomic E-state index is 0. The molecular weight excluding hydrogens is 250 g/mol. The van der Waals surface area contributed by atoms with E-state index >= 15 is 0 Å². The summed E-state index contributed by atoms with van der Waals surface area (Å²) in [5.74, 6) is -0.552. The molecule has 0 aliphatic heterocycles. The minimum Gasteiger partial charge on any atom is -0.350 e. The molecular formula is C9H14ClN3O2S. The van der Waals surface area contributed by atoms with E-state index in [1.807, 2.05) is 16.8 Å². The van der Waals surface area contributed by atoms with Gasteiger partial charge in [-0.15, -0.1) is 12.4 Å². The first kappa shape index (κ1) is 14.9. The zero-order chi connectivity index (χ0) is 11.1. The van der Waals surface area contributed by atoms with Crippen molar-refractivity contribution in [3.05, 3.63) is 22.4 Å². The number of hydrogen-bond acceptors (Lipinski definition) is 4. The van der Waals surface area contributed by atoms with Crippen LogP contribution in [0.15, 0.2) is 16.8 Å². The lowest BCUT2D eigenvalue weighted by atomic mass is 10.3. The number of rotatable bonds is 5.